The molecule has 0 fully saturated rings. The highest BCUT2D eigenvalue weighted by molar-refractivity contribution is 5.91. The number of hydrogen-bond acceptors (Lipinski definition) is 8. The molecule has 2 heterocycles. The maximum Gasteiger partial charge on any atom is 0.338 e. The molecule has 1 aliphatic heterocycles. The van der Waals surface area contributed by atoms with Crippen molar-refractivity contribution in [1.29, 1.82) is 0 Å². The second-order valence-electron chi connectivity index (χ2n) is 5.10. The van der Waals surface area contributed by atoms with E-state index in [2.05, 4.69) is 15.5 Å². The van der Waals surface area contributed by atoms with Crippen molar-refractivity contribution in [1.82, 2.24) is 20.2 Å². The van der Waals surface area contributed by atoms with E-state index in [9.17, 15) is 4.79 Å². The summed E-state index contributed by atoms with van der Waals surface area (Å²) in [5.74, 6) is 1.36. The van der Waals surface area contributed by atoms with Crippen LogP contribution in [0.3, 0.4) is 0 Å². The van der Waals surface area contributed by atoms with Gasteiger partial charge in [0.2, 0.25) is 5.75 Å². The molecule has 9 heteroatoms. The molecular weight excluding hydrogens is 316 g/mol. The average molecular weight is 334 g/mol. The number of hydrogen-bond donors (Lipinski definition) is 0. The molecule has 0 saturated heterocycles. The maximum absolute atomic E-state index is 12.3. The average Bonchev–Trinajstić information content (AvgIpc) is 3.06. The van der Waals surface area contributed by atoms with Crippen LogP contribution in [-0.2, 0) is 17.9 Å². The molecule has 128 valence electrons. The second-order valence-corrected chi connectivity index (χ2v) is 5.10. The number of ether oxygens (including phenoxy) is 4. The predicted molar refractivity (Wildman–Crippen MR) is 81.2 cm³/mol. The van der Waals surface area contributed by atoms with Gasteiger partial charge in [0.25, 0.3) is 0 Å². The summed E-state index contributed by atoms with van der Waals surface area (Å²) in [6, 6.07) is 3.14. The van der Waals surface area contributed by atoms with Gasteiger partial charge in [0.05, 0.1) is 12.7 Å². The maximum atomic E-state index is 12.3. The lowest BCUT2D eigenvalue weighted by molar-refractivity contribution is 0.0454. The summed E-state index contributed by atoms with van der Waals surface area (Å²) in [5, 5.41) is 11.3. The Kier molecular flexibility index (Phi) is 4.78. The molecule has 24 heavy (non-hydrogen) atoms. The Morgan fingerprint density at radius 1 is 1.33 bits per heavy atom. The normalized spacial score (nSPS) is 12.8. The van der Waals surface area contributed by atoms with Crippen LogP contribution in [0.25, 0.3) is 0 Å². The van der Waals surface area contributed by atoms with E-state index in [1.165, 1.54) is 7.11 Å². The van der Waals surface area contributed by atoms with Crippen molar-refractivity contribution in [3.63, 3.8) is 0 Å². The third-order valence-corrected chi connectivity index (χ3v) is 3.44. The Labute approximate surface area is 138 Å². The minimum absolute atomic E-state index is 0.0113. The number of esters is 1. The van der Waals surface area contributed by atoms with E-state index < -0.39 is 5.97 Å². The van der Waals surface area contributed by atoms with Crippen LogP contribution in [0.4, 0.5) is 0 Å². The highest BCUT2D eigenvalue weighted by Crippen LogP contribution is 2.40. The van der Waals surface area contributed by atoms with Crippen molar-refractivity contribution in [2.24, 2.45) is 0 Å². The van der Waals surface area contributed by atoms with Crippen LogP contribution in [0.15, 0.2) is 12.1 Å². The van der Waals surface area contributed by atoms with E-state index in [1.54, 1.807) is 16.8 Å². The van der Waals surface area contributed by atoms with Crippen LogP contribution in [0, 0.1) is 0 Å². The van der Waals surface area contributed by atoms with Crippen LogP contribution >= 0.6 is 0 Å². The first-order valence-corrected chi connectivity index (χ1v) is 7.62. The van der Waals surface area contributed by atoms with Crippen molar-refractivity contribution in [3.8, 4) is 17.2 Å². The molecule has 2 aromatic rings. The minimum Gasteiger partial charge on any atom is -0.493 e. The number of tetrazole rings is 1. The molecule has 0 radical (unpaired) electrons. The largest absolute Gasteiger partial charge is 0.493 e. The fourth-order valence-corrected chi connectivity index (χ4v) is 2.32. The van der Waals surface area contributed by atoms with Crippen LogP contribution in [0.1, 0.15) is 29.5 Å². The van der Waals surface area contributed by atoms with E-state index in [4.69, 9.17) is 18.9 Å². The molecule has 0 saturated carbocycles. The van der Waals surface area contributed by atoms with Crippen LogP contribution in [0.5, 0.6) is 17.2 Å². The van der Waals surface area contributed by atoms with Gasteiger partial charge >= 0.3 is 5.97 Å². The van der Waals surface area contributed by atoms with Crippen LogP contribution in [-0.4, -0.2) is 46.5 Å². The topological polar surface area (TPSA) is 97.6 Å². The zero-order valence-corrected chi connectivity index (χ0v) is 13.5. The van der Waals surface area contributed by atoms with Gasteiger partial charge in [0.15, 0.2) is 23.9 Å². The lowest BCUT2D eigenvalue weighted by Gasteiger charge is -2.21. The molecule has 1 aromatic heterocycles. The predicted octanol–water partition coefficient (Wildman–Crippen LogP) is 1.22. The lowest BCUT2D eigenvalue weighted by Crippen LogP contribution is -2.17. The second kappa shape index (κ2) is 7.16. The Balaban J connectivity index is 1.74. The van der Waals surface area contributed by atoms with Crippen molar-refractivity contribution in [2.45, 2.75) is 26.5 Å². The van der Waals surface area contributed by atoms with Crippen LogP contribution < -0.4 is 14.2 Å². The number of fused-ring (bicyclic) bond motifs is 1. The molecule has 0 atom stereocenters. The van der Waals surface area contributed by atoms with Crippen molar-refractivity contribution < 1.29 is 23.7 Å². The van der Waals surface area contributed by atoms with E-state index in [0.29, 0.717) is 48.4 Å². The summed E-state index contributed by atoms with van der Waals surface area (Å²) < 4.78 is 23.2. The minimum atomic E-state index is -0.517. The number of rotatable bonds is 6. The Morgan fingerprint density at radius 2 is 2.17 bits per heavy atom. The van der Waals surface area contributed by atoms with Gasteiger partial charge in [-0.05, 0) is 29.0 Å². The molecular formula is C15H18N4O5. The number of aryl methyl sites for hydroxylation is 1. The number of aromatic nitrogens is 4. The van der Waals surface area contributed by atoms with Gasteiger partial charge in [-0.3, -0.25) is 0 Å². The summed E-state index contributed by atoms with van der Waals surface area (Å²) >= 11 is 0. The highest BCUT2D eigenvalue weighted by Gasteiger charge is 2.22. The molecule has 0 spiro atoms. The van der Waals surface area contributed by atoms with Crippen molar-refractivity contribution in [2.75, 3.05) is 20.3 Å². The molecule has 0 unspecified atom stereocenters. The van der Waals surface area contributed by atoms with Gasteiger partial charge in [0.1, 0.15) is 13.2 Å². The first-order valence-electron chi connectivity index (χ1n) is 7.62. The summed E-state index contributed by atoms with van der Waals surface area (Å²) in [6.45, 7) is 3.52. The summed E-state index contributed by atoms with van der Waals surface area (Å²) in [5.41, 5.74) is 0.311. The Morgan fingerprint density at radius 3 is 2.96 bits per heavy atom. The van der Waals surface area contributed by atoms with E-state index in [0.717, 1.165) is 6.42 Å². The fraction of sp³-hybridized carbons (Fsp3) is 0.467. The van der Waals surface area contributed by atoms with E-state index in [1.807, 2.05) is 6.92 Å². The standard InChI is InChI=1S/C15H18N4O5/c1-3-4-19-13(16-17-18-19)9-24-15(20)10-7-11(21-2)14-12(8-10)22-5-6-23-14/h7-8H,3-6,9H2,1-2H3. The molecule has 3 rings (SSSR count). The highest BCUT2D eigenvalue weighted by atomic mass is 16.6. The van der Waals surface area contributed by atoms with Gasteiger partial charge in [0, 0.05) is 6.54 Å². The molecule has 0 aliphatic carbocycles. The van der Waals surface area contributed by atoms with Crippen molar-refractivity contribution in [3.05, 3.63) is 23.5 Å². The SMILES string of the molecule is CCCn1nnnc1COC(=O)c1cc(OC)c2c(c1)OCCO2. The summed E-state index contributed by atoms with van der Waals surface area (Å²) in [7, 11) is 1.50. The zero-order chi connectivity index (χ0) is 16.9. The number of benzene rings is 1. The molecule has 0 amide bonds. The van der Waals surface area contributed by atoms with Gasteiger partial charge in [-0.25, -0.2) is 9.48 Å². The van der Waals surface area contributed by atoms with Gasteiger partial charge in [-0.1, -0.05) is 6.92 Å². The third kappa shape index (κ3) is 3.24. The molecule has 1 aromatic carbocycles. The van der Waals surface area contributed by atoms with E-state index >= 15 is 0 Å². The smallest absolute Gasteiger partial charge is 0.338 e. The molecule has 0 N–H and O–H groups in total. The monoisotopic (exact) mass is 334 g/mol. The third-order valence-electron chi connectivity index (χ3n) is 3.44. The van der Waals surface area contributed by atoms with E-state index in [-0.39, 0.29) is 6.61 Å². The van der Waals surface area contributed by atoms with Crippen molar-refractivity contribution >= 4 is 5.97 Å². The first-order chi connectivity index (χ1) is 11.7. The Bertz CT molecular complexity index is 713. The summed E-state index contributed by atoms with van der Waals surface area (Å²) in [4.78, 5) is 12.3. The molecule has 1 aliphatic rings. The van der Waals surface area contributed by atoms with Gasteiger partial charge in [-0.15, -0.1) is 5.10 Å². The number of methoxy groups -OCH3 is 1. The molecule has 0 bridgehead atoms. The number of nitrogens with zero attached hydrogens (tertiary/aromatic N) is 4. The quantitative estimate of drug-likeness (QED) is 0.727. The van der Waals surface area contributed by atoms with Crippen LogP contribution in [0.2, 0.25) is 0 Å². The summed E-state index contributed by atoms with van der Waals surface area (Å²) in [6.07, 6.45) is 0.880. The lowest BCUT2D eigenvalue weighted by atomic mass is 10.1. The van der Waals surface area contributed by atoms with Gasteiger partial charge in [-0.2, -0.15) is 0 Å². The fourth-order valence-electron chi connectivity index (χ4n) is 2.32. The number of carbonyl (C=O) groups excluding carboxylic acids is 1. The van der Waals surface area contributed by atoms with Gasteiger partial charge < -0.3 is 18.9 Å². The zero-order valence-electron chi connectivity index (χ0n) is 13.5. The Hall–Kier alpha value is -2.84. The first kappa shape index (κ1) is 16.0. The number of carbonyl (C=O) groups is 1. The molecule has 9 nitrogen and oxygen atoms in total.